The molecule has 88 valence electrons. The number of carbonyl (C=O) groups excluding carboxylic acids is 1. The van der Waals surface area contributed by atoms with Crippen LogP contribution in [-0.4, -0.2) is 46.7 Å². The SMILES string of the molecule is Cc1nccn1CCC(=O)N1CCOCC1. The van der Waals surface area contributed by atoms with Crippen LogP contribution in [0.1, 0.15) is 12.2 Å². The molecule has 0 saturated carbocycles. The van der Waals surface area contributed by atoms with E-state index >= 15 is 0 Å². The molecule has 0 spiro atoms. The van der Waals surface area contributed by atoms with Crippen molar-refractivity contribution in [1.82, 2.24) is 14.5 Å². The summed E-state index contributed by atoms with van der Waals surface area (Å²) in [6.07, 6.45) is 4.20. The van der Waals surface area contributed by atoms with Crippen molar-refractivity contribution < 1.29 is 9.53 Å². The fraction of sp³-hybridized carbons (Fsp3) is 0.636. The highest BCUT2D eigenvalue weighted by Crippen LogP contribution is 2.03. The lowest BCUT2D eigenvalue weighted by molar-refractivity contribution is -0.135. The van der Waals surface area contributed by atoms with E-state index in [2.05, 4.69) is 4.98 Å². The Morgan fingerprint density at radius 3 is 2.88 bits per heavy atom. The first-order valence-corrected chi connectivity index (χ1v) is 5.60. The van der Waals surface area contributed by atoms with Gasteiger partial charge in [-0.15, -0.1) is 0 Å². The number of aromatic nitrogens is 2. The van der Waals surface area contributed by atoms with Gasteiger partial charge in [-0.2, -0.15) is 0 Å². The van der Waals surface area contributed by atoms with Crippen molar-refractivity contribution in [3.05, 3.63) is 18.2 Å². The number of aryl methyl sites for hydroxylation is 2. The summed E-state index contributed by atoms with van der Waals surface area (Å²) in [5, 5.41) is 0. The van der Waals surface area contributed by atoms with Crippen LogP contribution >= 0.6 is 0 Å². The van der Waals surface area contributed by atoms with E-state index in [1.54, 1.807) is 6.20 Å². The van der Waals surface area contributed by atoms with Crippen LogP contribution in [0.2, 0.25) is 0 Å². The molecule has 1 aromatic rings. The molecule has 1 aliphatic heterocycles. The number of carbonyl (C=O) groups is 1. The lowest BCUT2D eigenvalue weighted by atomic mass is 10.3. The minimum absolute atomic E-state index is 0.205. The maximum absolute atomic E-state index is 11.8. The molecule has 1 aromatic heterocycles. The zero-order valence-electron chi connectivity index (χ0n) is 9.56. The fourth-order valence-corrected chi connectivity index (χ4v) is 1.83. The Morgan fingerprint density at radius 2 is 2.25 bits per heavy atom. The van der Waals surface area contributed by atoms with Crippen molar-refractivity contribution in [2.45, 2.75) is 19.9 Å². The molecule has 0 bridgehead atoms. The molecule has 1 amide bonds. The van der Waals surface area contributed by atoms with Crippen molar-refractivity contribution in [2.75, 3.05) is 26.3 Å². The molecule has 2 rings (SSSR count). The lowest BCUT2D eigenvalue weighted by Gasteiger charge is -2.26. The third kappa shape index (κ3) is 2.61. The minimum atomic E-state index is 0.205. The van der Waals surface area contributed by atoms with Gasteiger partial charge in [-0.3, -0.25) is 4.79 Å². The van der Waals surface area contributed by atoms with Gasteiger partial charge in [0.15, 0.2) is 0 Å². The maximum Gasteiger partial charge on any atom is 0.224 e. The van der Waals surface area contributed by atoms with Gasteiger partial charge in [-0.25, -0.2) is 4.98 Å². The first-order chi connectivity index (χ1) is 7.77. The molecule has 5 nitrogen and oxygen atoms in total. The smallest absolute Gasteiger partial charge is 0.224 e. The predicted octanol–water partition coefficient (Wildman–Crippen LogP) is 0.440. The number of ether oxygens (including phenoxy) is 1. The molecule has 0 atom stereocenters. The van der Waals surface area contributed by atoms with Gasteiger partial charge >= 0.3 is 0 Å². The Hall–Kier alpha value is -1.36. The lowest BCUT2D eigenvalue weighted by Crippen LogP contribution is -2.40. The molecule has 0 unspecified atom stereocenters. The Morgan fingerprint density at radius 1 is 1.50 bits per heavy atom. The van der Waals surface area contributed by atoms with E-state index in [1.165, 1.54) is 0 Å². The van der Waals surface area contributed by atoms with Gasteiger partial charge in [0.1, 0.15) is 5.82 Å². The first kappa shape index (κ1) is 11.1. The van der Waals surface area contributed by atoms with Gasteiger partial charge in [0.05, 0.1) is 13.2 Å². The van der Waals surface area contributed by atoms with Crippen LogP contribution in [0.4, 0.5) is 0 Å². The van der Waals surface area contributed by atoms with Gasteiger partial charge in [0, 0.05) is 38.4 Å². The van der Waals surface area contributed by atoms with Crippen LogP contribution < -0.4 is 0 Å². The predicted molar refractivity (Wildman–Crippen MR) is 59.0 cm³/mol. The quantitative estimate of drug-likeness (QED) is 0.747. The second kappa shape index (κ2) is 5.12. The van der Waals surface area contributed by atoms with E-state index in [0.717, 1.165) is 18.9 Å². The third-order valence-corrected chi connectivity index (χ3v) is 2.85. The topological polar surface area (TPSA) is 47.4 Å². The molecule has 5 heteroatoms. The largest absolute Gasteiger partial charge is 0.378 e. The van der Waals surface area contributed by atoms with Crippen LogP contribution in [0.25, 0.3) is 0 Å². The van der Waals surface area contributed by atoms with E-state index < -0.39 is 0 Å². The van der Waals surface area contributed by atoms with Crippen LogP contribution in [0.15, 0.2) is 12.4 Å². The van der Waals surface area contributed by atoms with Crippen molar-refractivity contribution in [3.8, 4) is 0 Å². The van der Waals surface area contributed by atoms with Crippen LogP contribution in [-0.2, 0) is 16.1 Å². The highest BCUT2D eigenvalue weighted by atomic mass is 16.5. The van der Waals surface area contributed by atoms with E-state index in [4.69, 9.17) is 4.74 Å². The summed E-state index contributed by atoms with van der Waals surface area (Å²) in [7, 11) is 0. The monoisotopic (exact) mass is 223 g/mol. The molecule has 1 fully saturated rings. The molecule has 1 aliphatic rings. The van der Waals surface area contributed by atoms with E-state index in [9.17, 15) is 4.79 Å². The normalized spacial score (nSPS) is 16.4. The second-order valence-electron chi connectivity index (χ2n) is 3.91. The summed E-state index contributed by atoms with van der Waals surface area (Å²) in [6.45, 7) is 5.43. The first-order valence-electron chi connectivity index (χ1n) is 5.60. The number of morpholine rings is 1. The van der Waals surface area contributed by atoms with Crippen molar-refractivity contribution in [1.29, 1.82) is 0 Å². The molecule has 0 N–H and O–H groups in total. The molecule has 0 aromatic carbocycles. The Balaban J connectivity index is 1.81. The highest BCUT2D eigenvalue weighted by molar-refractivity contribution is 5.76. The fourth-order valence-electron chi connectivity index (χ4n) is 1.83. The summed E-state index contributed by atoms with van der Waals surface area (Å²) in [5.41, 5.74) is 0. The van der Waals surface area contributed by atoms with E-state index in [1.807, 2.05) is 22.6 Å². The van der Waals surface area contributed by atoms with Crippen LogP contribution in [0, 0.1) is 6.92 Å². The average Bonchev–Trinajstić information content (AvgIpc) is 2.73. The highest BCUT2D eigenvalue weighted by Gasteiger charge is 2.16. The molecular weight excluding hydrogens is 206 g/mol. The molecule has 0 aliphatic carbocycles. The number of hydrogen-bond donors (Lipinski definition) is 0. The summed E-state index contributed by atoms with van der Waals surface area (Å²) in [6, 6.07) is 0. The minimum Gasteiger partial charge on any atom is -0.378 e. The third-order valence-electron chi connectivity index (χ3n) is 2.85. The molecule has 0 radical (unpaired) electrons. The van der Waals surface area contributed by atoms with Gasteiger partial charge in [-0.05, 0) is 6.92 Å². The summed E-state index contributed by atoms with van der Waals surface area (Å²) >= 11 is 0. The zero-order valence-corrected chi connectivity index (χ0v) is 9.56. The maximum atomic E-state index is 11.8. The van der Waals surface area contributed by atoms with Gasteiger partial charge < -0.3 is 14.2 Å². The zero-order chi connectivity index (χ0) is 11.4. The van der Waals surface area contributed by atoms with Crippen molar-refractivity contribution in [3.63, 3.8) is 0 Å². The number of amides is 1. The number of hydrogen-bond acceptors (Lipinski definition) is 3. The Kier molecular flexibility index (Phi) is 3.56. The summed E-state index contributed by atoms with van der Waals surface area (Å²) in [5.74, 6) is 1.16. The van der Waals surface area contributed by atoms with E-state index in [0.29, 0.717) is 26.2 Å². The van der Waals surface area contributed by atoms with Crippen LogP contribution in [0.5, 0.6) is 0 Å². The molecule has 1 saturated heterocycles. The Bertz CT molecular complexity index is 356. The summed E-state index contributed by atoms with van der Waals surface area (Å²) in [4.78, 5) is 17.8. The van der Waals surface area contributed by atoms with Gasteiger partial charge in [0.25, 0.3) is 0 Å². The standard InChI is InChI=1S/C11H17N3O2/c1-10-12-3-5-13(10)4-2-11(15)14-6-8-16-9-7-14/h3,5H,2,4,6-9H2,1H3. The number of rotatable bonds is 3. The molecule has 2 heterocycles. The van der Waals surface area contributed by atoms with E-state index in [-0.39, 0.29) is 5.91 Å². The Labute approximate surface area is 95.0 Å². The second-order valence-corrected chi connectivity index (χ2v) is 3.91. The van der Waals surface area contributed by atoms with Gasteiger partial charge in [-0.1, -0.05) is 0 Å². The van der Waals surface area contributed by atoms with Gasteiger partial charge in [0.2, 0.25) is 5.91 Å². The number of nitrogens with zero attached hydrogens (tertiary/aromatic N) is 3. The van der Waals surface area contributed by atoms with Crippen LogP contribution in [0.3, 0.4) is 0 Å². The van der Waals surface area contributed by atoms with Crippen molar-refractivity contribution in [2.24, 2.45) is 0 Å². The average molecular weight is 223 g/mol. The molecule has 16 heavy (non-hydrogen) atoms. The number of imidazole rings is 1. The summed E-state index contributed by atoms with van der Waals surface area (Å²) < 4.78 is 7.21. The molecular formula is C11H17N3O2. The van der Waals surface area contributed by atoms with Crippen molar-refractivity contribution >= 4 is 5.91 Å².